The Morgan fingerprint density at radius 2 is 2.19 bits per heavy atom. The standard InChI is InChI=1S/C14H15BrN4OS/c1-4-21-13-16-12(20)11-9-7-8(15)5-6-10(9)17-14(2,3)19(11)18-13/h5-7H,4H2,1-3H3,(H,16,18,20). The minimum atomic E-state index is -0.590. The molecule has 1 amide bonds. The number of amides is 1. The molecule has 0 aliphatic carbocycles. The zero-order valence-corrected chi connectivity index (χ0v) is 14.4. The van der Waals surface area contributed by atoms with E-state index in [1.807, 2.05) is 39.0 Å². The fourth-order valence-corrected chi connectivity index (χ4v) is 3.33. The molecule has 0 aromatic heterocycles. The van der Waals surface area contributed by atoms with E-state index in [0.29, 0.717) is 10.9 Å². The van der Waals surface area contributed by atoms with Gasteiger partial charge in [-0.25, -0.2) is 5.01 Å². The third-order valence-electron chi connectivity index (χ3n) is 3.25. The van der Waals surface area contributed by atoms with E-state index in [9.17, 15) is 4.79 Å². The van der Waals surface area contributed by atoms with Crippen LogP contribution in [-0.4, -0.2) is 27.5 Å². The van der Waals surface area contributed by atoms with Crippen LogP contribution >= 0.6 is 27.7 Å². The van der Waals surface area contributed by atoms with Crippen molar-refractivity contribution in [1.82, 2.24) is 10.3 Å². The lowest BCUT2D eigenvalue weighted by Crippen LogP contribution is -2.56. The summed E-state index contributed by atoms with van der Waals surface area (Å²) in [5, 5.41) is 11.4. The van der Waals surface area contributed by atoms with E-state index in [4.69, 9.17) is 4.99 Å². The van der Waals surface area contributed by atoms with E-state index >= 15 is 0 Å². The van der Waals surface area contributed by atoms with Gasteiger partial charge in [0, 0.05) is 9.69 Å². The zero-order chi connectivity index (χ0) is 15.2. The molecule has 0 fully saturated rings. The van der Waals surface area contributed by atoms with Gasteiger partial charge in [-0.2, -0.15) is 0 Å². The highest BCUT2D eigenvalue weighted by atomic mass is 79.9. The molecule has 0 unspecified atom stereocenters. The number of nitrogens with one attached hydrogen (secondary N) is 1. The molecule has 2 aliphatic heterocycles. The van der Waals surface area contributed by atoms with Crippen LogP contribution < -0.4 is 15.9 Å². The Morgan fingerprint density at radius 1 is 1.43 bits per heavy atom. The van der Waals surface area contributed by atoms with Crippen LogP contribution in [0.1, 0.15) is 20.8 Å². The first-order valence-electron chi connectivity index (χ1n) is 6.65. The van der Waals surface area contributed by atoms with Crippen LogP contribution in [0.5, 0.6) is 0 Å². The fraction of sp³-hybridized carbons (Fsp3) is 0.357. The maximum Gasteiger partial charge on any atom is 0.276 e. The lowest BCUT2D eigenvalue weighted by Gasteiger charge is -2.38. The number of hydrogen-bond donors (Lipinski definition) is 1. The minimum Gasteiger partial charge on any atom is -0.298 e. The van der Waals surface area contributed by atoms with Crippen LogP contribution in [0.4, 0.5) is 0 Å². The largest absolute Gasteiger partial charge is 0.298 e. The molecule has 1 aromatic rings. The molecule has 21 heavy (non-hydrogen) atoms. The first kappa shape index (κ1) is 14.6. The van der Waals surface area contributed by atoms with Crippen molar-refractivity contribution in [3.05, 3.63) is 33.2 Å². The SMILES string of the molecule is CCSC1=NN2C(=c3cc(Br)ccc3=NC2(C)C)C(=O)N1. The highest BCUT2D eigenvalue weighted by molar-refractivity contribution is 9.10. The highest BCUT2D eigenvalue weighted by Crippen LogP contribution is 2.27. The van der Waals surface area contributed by atoms with Crippen LogP contribution in [-0.2, 0) is 4.79 Å². The van der Waals surface area contributed by atoms with E-state index in [1.54, 1.807) is 5.01 Å². The summed E-state index contributed by atoms with van der Waals surface area (Å²) >= 11 is 4.96. The van der Waals surface area contributed by atoms with Gasteiger partial charge in [0.25, 0.3) is 5.91 Å². The Labute approximate surface area is 135 Å². The molecule has 1 aromatic carbocycles. The molecule has 3 rings (SSSR count). The van der Waals surface area contributed by atoms with E-state index in [-0.39, 0.29) is 5.91 Å². The van der Waals surface area contributed by atoms with E-state index in [2.05, 4.69) is 26.3 Å². The van der Waals surface area contributed by atoms with Gasteiger partial charge in [-0.15, -0.1) is 5.10 Å². The maximum absolute atomic E-state index is 12.5. The fourth-order valence-electron chi connectivity index (χ4n) is 2.39. The van der Waals surface area contributed by atoms with Gasteiger partial charge < -0.3 is 0 Å². The summed E-state index contributed by atoms with van der Waals surface area (Å²) in [4.78, 5) is 17.3. The van der Waals surface area contributed by atoms with Crippen molar-refractivity contribution in [2.24, 2.45) is 10.1 Å². The van der Waals surface area contributed by atoms with E-state index in [1.165, 1.54) is 11.8 Å². The number of nitrogens with zero attached hydrogens (tertiary/aromatic N) is 3. The van der Waals surface area contributed by atoms with Crippen LogP contribution in [0.15, 0.2) is 32.8 Å². The Bertz CT molecular complexity index is 772. The van der Waals surface area contributed by atoms with Crippen molar-refractivity contribution in [2.75, 3.05) is 5.75 Å². The molecular weight excluding hydrogens is 352 g/mol. The summed E-state index contributed by atoms with van der Waals surface area (Å²) in [5.41, 5.74) is -0.0419. The van der Waals surface area contributed by atoms with Crippen molar-refractivity contribution in [1.29, 1.82) is 0 Å². The lowest BCUT2D eigenvalue weighted by molar-refractivity contribution is -0.116. The molecule has 0 atom stereocenters. The number of carbonyl (C=O) groups is 1. The molecule has 0 saturated heterocycles. The maximum atomic E-state index is 12.5. The molecule has 0 spiro atoms. The predicted octanol–water partition coefficient (Wildman–Crippen LogP) is 1.38. The predicted molar refractivity (Wildman–Crippen MR) is 88.0 cm³/mol. The molecule has 1 N–H and O–H groups in total. The zero-order valence-electron chi connectivity index (χ0n) is 12.0. The van der Waals surface area contributed by atoms with Gasteiger partial charge in [0.15, 0.2) is 5.17 Å². The molecule has 110 valence electrons. The second-order valence-corrected chi connectivity index (χ2v) is 7.39. The highest BCUT2D eigenvalue weighted by Gasteiger charge is 2.38. The molecule has 0 radical (unpaired) electrons. The molecular formula is C14H15BrN4OS. The lowest BCUT2D eigenvalue weighted by atomic mass is 10.1. The normalized spacial score (nSPS) is 19.2. The van der Waals surface area contributed by atoms with E-state index < -0.39 is 5.66 Å². The number of hydrogen-bond acceptors (Lipinski definition) is 5. The number of fused-ring (bicyclic) bond motifs is 2. The average Bonchev–Trinajstić information content (AvgIpc) is 2.40. The van der Waals surface area contributed by atoms with Crippen LogP contribution in [0.2, 0.25) is 0 Å². The molecule has 7 heteroatoms. The van der Waals surface area contributed by atoms with Crippen molar-refractivity contribution < 1.29 is 4.79 Å². The van der Waals surface area contributed by atoms with Crippen LogP contribution in [0, 0.1) is 0 Å². The van der Waals surface area contributed by atoms with Crippen molar-refractivity contribution >= 4 is 44.5 Å². The second-order valence-electron chi connectivity index (χ2n) is 5.22. The summed E-state index contributed by atoms with van der Waals surface area (Å²) < 4.78 is 0.911. The van der Waals surface area contributed by atoms with Crippen LogP contribution in [0.3, 0.4) is 0 Å². The first-order valence-corrected chi connectivity index (χ1v) is 8.43. The number of amidine groups is 1. The first-order chi connectivity index (χ1) is 9.92. The van der Waals surface area contributed by atoms with Gasteiger partial charge in [-0.1, -0.05) is 34.6 Å². The topological polar surface area (TPSA) is 57.1 Å². The smallest absolute Gasteiger partial charge is 0.276 e. The van der Waals surface area contributed by atoms with Gasteiger partial charge in [0.05, 0.1) is 5.36 Å². The number of benzene rings is 1. The Balaban J connectivity index is 2.30. The number of halogens is 1. The average molecular weight is 367 g/mol. The monoisotopic (exact) mass is 366 g/mol. The van der Waals surface area contributed by atoms with Crippen molar-refractivity contribution in [3.63, 3.8) is 0 Å². The van der Waals surface area contributed by atoms with Gasteiger partial charge >= 0.3 is 0 Å². The van der Waals surface area contributed by atoms with Gasteiger partial charge in [-0.3, -0.25) is 15.1 Å². The quantitative estimate of drug-likeness (QED) is 0.816. The Hall–Kier alpha value is -1.34. The third kappa shape index (κ3) is 2.48. The van der Waals surface area contributed by atoms with Crippen LogP contribution in [0.25, 0.3) is 5.70 Å². The number of rotatable bonds is 1. The third-order valence-corrected chi connectivity index (χ3v) is 4.48. The summed E-state index contributed by atoms with van der Waals surface area (Å²) in [5.74, 6) is 0.713. The molecule has 0 bridgehead atoms. The summed E-state index contributed by atoms with van der Waals surface area (Å²) in [6.45, 7) is 5.93. The van der Waals surface area contributed by atoms with Crippen molar-refractivity contribution in [3.8, 4) is 0 Å². The second kappa shape index (κ2) is 5.14. The summed E-state index contributed by atoms with van der Waals surface area (Å²) in [6, 6.07) is 5.75. The molecule has 0 saturated carbocycles. The molecule has 5 nitrogen and oxygen atoms in total. The Kier molecular flexibility index (Phi) is 3.57. The summed E-state index contributed by atoms with van der Waals surface area (Å²) in [6.07, 6.45) is 0. The number of thioether (sulfide) groups is 1. The number of carbonyl (C=O) groups excluding carboxylic acids is 1. The number of hydrazone groups is 1. The molecule has 2 heterocycles. The minimum absolute atomic E-state index is 0.136. The Morgan fingerprint density at radius 3 is 2.90 bits per heavy atom. The molecule has 2 aliphatic rings. The van der Waals surface area contributed by atoms with Gasteiger partial charge in [0.1, 0.15) is 11.4 Å². The van der Waals surface area contributed by atoms with Gasteiger partial charge in [0.2, 0.25) is 0 Å². The van der Waals surface area contributed by atoms with Gasteiger partial charge in [-0.05, 0) is 37.8 Å². The van der Waals surface area contributed by atoms with Crippen molar-refractivity contribution in [2.45, 2.75) is 26.4 Å². The summed E-state index contributed by atoms with van der Waals surface area (Å²) in [7, 11) is 0. The van der Waals surface area contributed by atoms with E-state index in [0.717, 1.165) is 20.8 Å².